The molecule has 0 spiro atoms. The minimum absolute atomic E-state index is 0.343. The number of fused-ring (bicyclic) bond motifs is 1. The van der Waals surface area contributed by atoms with Gasteiger partial charge in [0.05, 0.1) is 5.60 Å². The first-order chi connectivity index (χ1) is 6.62. The van der Waals surface area contributed by atoms with Crippen molar-refractivity contribution in [2.24, 2.45) is 5.92 Å². The second-order valence-electron chi connectivity index (χ2n) is 4.70. The number of aryl methyl sites for hydroxylation is 1. The average Bonchev–Trinajstić information content (AvgIpc) is 2.17. The Morgan fingerprint density at radius 3 is 2.50 bits per heavy atom. The van der Waals surface area contributed by atoms with Gasteiger partial charge in [-0.25, -0.2) is 0 Å². The summed E-state index contributed by atoms with van der Waals surface area (Å²) in [6.07, 6.45) is 2.74. The third-order valence-electron chi connectivity index (χ3n) is 3.52. The van der Waals surface area contributed by atoms with E-state index < -0.39 is 5.60 Å². The number of rotatable bonds is 1. The zero-order chi connectivity index (χ0) is 10.2. The Labute approximate surface area is 85.8 Å². The summed E-state index contributed by atoms with van der Waals surface area (Å²) in [5, 5.41) is 10.4. The van der Waals surface area contributed by atoms with E-state index in [4.69, 9.17) is 0 Å². The van der Waals surface area contributed by atoms with Crippen molar-refractivity contribution in [3.05, 3.63) is 35.4 Å². The van der Waals surface area contributed by atoms with Gasteiger partial charge in [0.2, 0.25) is 0 Å². The first-order valence-corrected chi connectivity index (χ1v) is 5.41. The third kappa shape index (κ3) is 1.57. The van der Waals surface area contributed by atoms with Crippen LogP contribution in [0, 0.1) is 5.92 Å². The van der Waals surface area contributed by atoms with Crippen LogP contribution in [0.5, 0.6) is 0 Å². The van der Waals surface area contributed by atoms with E-state index in [2.05, 4.69) is 38.1 Å². The normalized spacial score (nSPS) is 26.3. The minimum Gasteiger partial charge on any atom is -0.389 e. The van der Waals surface area contributed by atoms with Crippen LogP contribution in [-0.2, 0) is 12.8 Å². The predicted octanol–water partition coefficient (Wildman–Crippen LogP) is 2.56. The molecule has 0 saturated carbocycles. The number of hydrogen-bond donors (Lipinski definition) is 1. The largest absolute Gasteiger partial charge is 0.389 e. The fourth-order valence-electron chi connectivity index (χ4n) is 2.24. The van der Waals surface area contributed by atoms with E-state index in [1.54, 1.807) is 0 Å². The quantitative estimate of drug-likeness (QED) is 0.721. The summed E-state index contributed by atoms with van der Waals surface area (Å²) in [5.41, 5.74) is 2.27. The summed E-state index contributed by atoms with van der Waals surface area (Å²) < 4.78 is 0. The zero-order valence-electron chi connectivity index (χ0n) is 8.96. The highest BCUT2D eigenvalue weighted by Gasteiger charge is 2.34. The molecule has 76 valence electrons. The van der Waals surface area contributed by atoms with Gasteiger partial charge in [0.25, 0.3) is 0 Å². The topological polar surface area (TPSA) is 20.2 Å². The van der Waals surface area contributed by atoms with Crippen LogP contribution < -0.4 is 0 Å². The van der Waals surface area contributed by atoms with E-state index in [0.717, 1.165) is 19.3 Å². The zero-order valence-corrected chi connectivity index (χ0v) is 8.96. The minimum atomic E-state index is -0.478. The van der Waals surface area contributed by atoms with Crippen molar-refractivity contribution < 1.29 is 5.11 Å². The SMILES string of the molecule is CC(C)C1(O)CCc2ccccc2C1. The Morgan fingerprint density at radius 1 is 1.21 bits per heavy atom. The number of benzene rings is 1. The van der Waals surface area contributed by atoms with Crippen LogP contribution in [0.3, 0.4) is 0 Å². The first-order valence-electron chi connectivity index (χ1n) is 5.41. The summed E-state index contributed by atoms with van der Waals surface area (Å²) >= 11 is 0. The Morgan fingerprint density at radius 2 is 1.86 bits per heavy atom. The van der Waals surface area contributed by atoms with E-state index >= 15 is 0 Å². The molecule has 1 aromatic carbocycles. The molecule has 0 fully saturated rings. The van der Waals surface area contributed by atoms with Gasteiger partial charge in [-0.05, 0) is 29.9 Å². The molecule has 14 heavy (non-hydrogen) atoms. The molecule has 1 aliphatic carbocycles. The summed E-state index contributed by atoms with van der Waals surface area (Å²) in [4.78, 5) is 0. The summed E-state index contributed by atoms with van der Waals surface area (Å²) in [6, 6.07) is 8.46. The molecule has 0 bridgehead atoms. The molecule has 1 N–H and O–H groups in total. The van der Waals surface area contributed by atoms with Crippen molar-refractivity contribution in [1.29, 1.82) is 0 Å². The van der Waals surface area contributed by atoms with Gasteiger partial charge < -0.3 is 5.11 Å². The lowest BCUT2D eigenvalue weighted by Gasteiger charge is -2.36. The van der Waals surface area contributed by atoms with E-state index in [-0.39, 0.29) is 0 Å². The van der Waals surface area contributed by atoms with Crippen LogP contribution in [0.4, 0.5) is 0 Å². The fraction of sp³-hybridized carbons (Fsp3) is 0.538. The molecule has 0 heterocycles. The molecule has 2 rings (SSSR count). The Balaban J connectivity index is 2.29. The molecular formula is C13H18O. The number of hydrogen-bond acceptors (Lipinski definition) is 1. The van der Waals surface area contributed by atoms with Crippen LogP contribution in [-0.4, -0.2) is 10.7 Å². The molecule has 0 saturated heterocycles. The maximum absolute atomic E-state index is 10.4. The van der Waals surface area contributed by atoms with E-state index in [0.29, 0.717) is 5.92 Å². The molecule has 0 amide bonds. The van der Waals surface area contributed by atoms with E-state index in [9.17, 15) is 5.11 Å². The fourth-order valence-corrected chi connectivity index (χ4v) is 2.24. The highest BCUT2D eigenvalue weighted by molar-refractivity contribution is 5.31. The second-order valence-corrected chi connectivity index (χ2v) is 4.70. The molecule has 1 atom stereocenters. The molecule has 1 nitrogen and oxygen atoms in total. The highest BCUT2D eigenvalue weighted by Crippen LogP contribution is 2.33. The van der Waals surface area contributed by atoms with Crippen molar-refractivity contribution in [1.82, 2.24) is 0 Å². The van der Waals surface area contributed by atoms with Crippen LogP contribution in [0.2, 0.25) is 0 Å². The second kappa shape index (κ2) is 3.39. The first kappa shape index (κ1) is 9.72. The molecule has 1 heteroatoms. The molecule has 1 aromatic rings. The van der Waals surface area contributed by atoms with Gasteiger partial charge in [-0.15, -0.1) is 0 Å². The van der Waals surface area contributed by atoms with Gasteiger partial charge in [0.15, 0.2) is 0 Å². The molecule has 0 aromatic heterocycles. The summed E-state index contributed by atoms with van der Waals surface area (Å²) in [6.45, 7) is 4.21. The van der Waals surface area contributed by atoms with Crippen LogP contribution in [0.25, 0.3) is 0 Å². The lowest BCUT2D eigenvalue weighted by atomic mass is 9.74. The summed E-state index contributed by atoms with van der Waals surface area (Å²) in [7, 11) is 0. The molecular weight excluding hydrogens is 172 g/mol. The highest BCUT2D eigenvalue weighted by atomic mass is 16.3. The average molecular weight is 190 g/mol. The van der Waals surface area contributed by atoms with E-state index in [1.165, 1.54) is 11.1 Å². The van der Waals surface area contributed by atoms with Crippen molar-refractivity contribution >= 4 is 0 Å². The lowest BCUT2D eigenvalue weighted by Crippen LogP contribution is -2.40. The maximum atomic E-state index is 10.4. The smallest absolute Gasteiger partial charge is 0.0713 e. The van der Waals surface area contributed by atoms with Gasteiger partial charge in [-0.2, -0.15) is 0 Å². The molecule has 0 aliphatic heterocycles. The maximum Gasteiger partial charge on any atom is 0.0713 e. The van der Waals surface area contributed by atoms with E-state index in [1.807, 2.05) is 0 Å². The Kier molecular flexibility index (Phi) is 2.36. The monoisotopic (exact) mass is 190 g/mol. The summed E-state index contributed by atoms with van der Waals surface area (Å²) in [5.74, 6) is 0.343. The molecule has 0 radical (unpaired) electrons. The predicted molar refractivity (Wildman–Crippen MR) is 58.3 cm³/mol. The van der Waals surface area contributed by atoms with Crippen LogP contribution >= 0.6 is 0 Å². The van der Waals surface area contributed by atoms with Crippen LogP contribution in [0.15, 0.2) is 24.3 Å². The van der Waals surface area contributed by atoms with Gasteiger partial charge in [0, 0.05) is 6.42 Å². The van der Waals surface area contributed by atoms with Crippen molar-refractivity contribution in [3.63, 3.8) is 0 Å². The standard InChI is InChI=1S/C13H18O/c1-10(2)13(14)8-7-11-5-3-4-6-12(11)9-13/h3-6,10,14H,7-9H2,1-2H3. The van der Waals surface area contributed by atoms with Gasteiger partial charge in [-0.1, -0.05) is 38.1 Å². The molecule has 1 aliphatic rings. The third-order valence-corrected chi connectivity index (χ3v) is 3.52. The molecule has 1 unspecified atom stereocenters. The van der Waals surface area contributed by atoms with Gasteiger partial charge >= 0.3 is 0 Å². The van der Waals surface area contributed by atoms with Gasteiger partial charge in [-0.3, -0.25) is 0 Å². The number of aliphatic hydroxyl groups is 1. The van der Waals surface area contributed by atoms with Crippen molar-refractivity contribution in [2.75, 3.05) is 0 Å². The van der Waals surface area contributed by atoms with Gasteiger partial charge in [0.1, 0.15) is 0 Å². The Hall–Kier alpha value is -0.820. The lowest BCUT2D eigenvalue weighted by molar-refractivity contribution is -0.0173. The van der Waals surface area contributed by atoms with Crippen molar-refractivity contribution in [2.45, 2.75) is 38.7 Å². The Bertz CT molecular complexity index is 330. The van der Waals surface area contributed by atoms with Crippen LogP contribution in [0.1, 0.15) is 31.4 Å². The van der Waals surface area contributed by atoms with Crippen molar-refractivity contribution in [3.8, 4) is 0 Å².